The first-order valence-electron chi connectivity index (χ1n) is 12.7. The summed E-state index contributed by atoms with van der Waals surface area (Å²) in [6.45, 7) is 4.38. The van der Waals surface area contributed by atoms with Crippen molar-refractivity contribution in [1.29, 1.82) is 0 Å². The molecule has 2 aromatic rings. The van der Waals surface area contributed by atoms with E-state index in [1.54, 1.807) is 24.3 Å². The SMILES string of the molecule is O=C(O[C@H]1C[N+]2(CCCOc3cccc(F)c3)CCC1CC2)[C@@](O)(c1ccco1)C1CCCC1. The van der Waals surface area contributed by atoms with Crippen LogP contribution >= 0.6 is 0 Å². The number of aliphatic hydroxyl groups is 1. The Kier molecular flexibility index (Phi) is 6.67. The number of fused-ring (bicyclic) bond motifs is 3. The number of hydrogen-bond acceptors (Lipinski definition) is 5. The van der Waals surface area contributed by atoms with Gasteiger partial charge in [-0.1, -0.05) is 18.9 Å². The molecule has 0 radical (unpaired) electrons. The molecule has 1 N–H and O–H groups in total. The molecule has 6 rings (SSSR count). The Morgan fingerprint density at radius 2 is 1.94 bits per heavy atom. The summed E-state index contributed by atoms with van der Waals surface area (Å²) < 4.78 is 31.6. The number of hydrogen-bond donors (Lipinski definition) is 1. The average molecular weight is 473 g/mol. The van der Waals surface area contributed by atoms with E-state index in [-0.39, 0.29) is 17.8 Å². The molecule has 4 fully saturated rings. The Bertz CT molecular complexity index is 965. The van der Waals surface area contributed by atoms with Gasteiger partial charge in [0.25, 0.3) is 0 Å². The zero-order chi connectivity index (χ0) is 23.6. The molecule has 3 aliphatic heterocycles. The summed E-state index contributed by atoms with van der Waals surface area (Å²) in [7, 11) is 0. The van der Waals surface area contributed by atoms with E-state index in [0.29, 0.717) is 24.0 Å². The fourth-order valence-electron chi connectivity index (χ4n) is 6.35. The largest absolute Gasteiger partial charge is 0.493 e. The van der Waals surface area contributed by atoms with Gasteiger partial charge in [0.05, 0.1) is 32.5 Å². The molecule has 2 atom stereocenters. The van der Waals surface area contributed by atoms with Gasteiger partial charge in [-0.25, -0.2) is 9.18 Å². The number of quaternary nitrogens is 1. The lowest BCUT2D eigenvalue weighted by atomic mass is 9.81. The molecule has 0 amide bonds. The van der Waals surface area contributed by atoms with E-state index in [0.717, 1.165) is 75.6 Å². The fourth-order valence-corrected chi connectivity index (χ4v) is 6.35. The van der Waals surface area contributed by atoms with Crippen LogP contribution in [0.5, 0.6) is 5.75 Å². The van der Waals surface area contributed by atoms with Crippen molar-refractivity contribution in [2.75, 3.05) is 32.8 Å². The second-order valence-electron chi connectivity index (χ2n) is 10.4. The molecule has 4 heterocycles. The topological polar surface area (TPSA) is 68.9 Å². The standard InChI is InChI=1S/C27H35FNO5/c28-22-8-3-9-23(18-22)32-17-5-13-29-14-11-20(12-15-29)24(19-29)34-26(30)27(31,21-6-1-2-7-21)25-10-4-16-33-25/h3-4,8-10,16,18,20-21,24,31H,1-2,5-7,11-15,17,19H2/q+1/t20?,24-,27-,29?/m0/s1. The maximum absolute atomic E-state index is 13.5. The second kappa shape index (κ2) is 9.70. The van der Waals surface area contributed by atoms with Crippen molar-refractivity contribution in [2.45, 2.75) is 56.7 Å². The molecule has 1 aromatic heterocycles. The molecule has 0 unspecified atom stereocenters. The summed E-state index contributed by atoms with van der Waals surface area (Å²) in [5, 5.41) is 11.6. The van der Waals surface area contributed by atoms with Gasteiger partial charge < -0.3 is 23.5 Å². The minimum absolute atomic E-state index is 0.171. The zero-order valence-electron chi connectivity index (χ0n) is 19.7. The van der Waals surface area contributed by atoms with Crippen molar-refractivity contribution < 1.29 is 32.7 Å². The third kappa shape index (κ3) is 4.60. The highest BCUT2D eigenvalue weighted by atomic mass is 19.1. The van der Waals surface area contributed by atoms with Crippen LogP contribution < -0.4 is 4.74 Å². The number of ether oxygens (including phenoxy) is 2. The van der Waals surface area contributed by atoms with Crippen molar-refractivity contribution >= 4 is 5.97 Å². The molecule has 1 aromatic carbocycles. The Hall–Kier alpha value is -2.38. The predicted octanol–water partition coefficient (Wildman–Crippen LogP) is 4.42. The molecular weight excluding hydrogens is 437 g/mol. The van der Waals surface area contributed by atoms with Crippen molar-refractivity contribution in [2.24, 2.45) is 11.8 Å². The number of carbonyl (C=O) groups excluding carboxylic acids is 1. The lowest BCUT2D eigenvalue weighted by Crippen LogP contribution is -2.65. The lowest BCUT2D eigenvalue weighted by Gasteiger charge is -2.52. The number of nitrogens with zero attached hydrogens (tertiary/aromatic N) is 1. The monoisotopic (exact) mass is 472 g/mol. The average Bonchev–Trinajstić information content (AvgIpc) is 3.57. The van der Waals surface area contributed by atoms with Crippen LogP contribution in [0.25, 0.3) is 0 Å². The number of rotatable bonds is 9. The molecule has 7 heteroatoms. The van der Waals surface area contributed by atoms with Crippen molar-refractivity contribution in [1.82, 2.24) is 0 Å². The molecule has 3 saturated heterocycles. The minimum atomic E-state index is -1.71. The Labute approximate surface area is 200 Å². The molecular formula is C27H35FNO5+. The van der Waals surface area contributed by atoms with Crippen molar-refractivity contribution in [3.8, 4) is 5.75 Å². The maximum atomic E-state index is 13.5. The first-order valence-corrected chi connectivity index (χ1v) is 12.7. The number of piperidine rings is 3. The molecule has 34 heavy (non-hydrogen) atoms. The number of furan rings is 1. The van der Waals surface area contributed by atoms with E-state index in [4.69, 9.17) is 13.9 Å². The van der Waals surface area contributed by atoms with Gasteiger partial charge in [-0.3, -0.25) is 0 Å². The number of benzene rings is 1. The molecule has 1 saturated carbocycles. The van der Waals surface area contributed by atoms with Gasteiger partial charge in [-0.2, -0.15) is 0 Å². The van der Waals surface area contributed by atoms with Crippen LogP contribution in [0, 0.1) is 17.7 Å². The Morgan fingerprint density at radius 3 is 2.65 bits per heavy atom. The Balaban J connectivity index is 1.21. The van der Waals surface area contributed by atoms with Crippen LogP contribution in [0.4, 0.5) is 4.39 Å². The minimum Gasteiger partial charge on any atom is -0.493 e. The number of carbonyl (C=O) groups is 1. The molecule has 4 aliphatic rings. The van der Waals surface area contributed by atoms with E-state index in [1.807, 2.05) is 0 Å². The molecule has 1 aliphatic carbocycles. The summed E-state index contributed by atoms with van der Waals surface area (Å²) in [5.41, 5.74) is -1.71. The van der Waals surface area contributed by atoms with Crippen molar-refractivity contribution in [3.05, 3.63) is 54.2 Å². The highest BCUT2D eigenvalue weighted by molar-refractivity contribution is 5.81. The molecule has 184 valence electrons. The second-order valence-corrected chi connectivity index (χ2v) is 10.4. The molecule has 6 nitrogen and oxygen atoms in total. The normalized spacial score (nSPS) is 28.5. The van der Waals surface area contributed by atoms with Gasteiger partial charge in [0.1, 0.15) is 23.9 Å². The van der Waals surface area contributed by atoms with E-state index < -0.39 is 11.6 Å². The molecule has 0 spiro atoms. The highest BCUT2D eigenvalue weighted by Crippen LogP contribution is 2.43. The van der Waals surface area contributed by atoms with Crippen LogP contribution in [0.2, 0.25) is 0 Å². The van der Waals surface area contributed by atoms with Crippen LogP contribution in [0.3, 0.4) is 0 Å². The highest BCUT2D eigenvalue weighted by Gasteiger charge is 2.53. The van der Waals surface area contributed by atoms with Crippen molar-refractivity contribution in [3.63, 3.8) is 0 Å². The van der Waals surface area contributed by atoms with Gasteiger partial charge in [0.15, 0.2) is 6.10 Å². The summed E-state index contributed by atoms with van der Waals surface area (Å²) in [4.78, 5) is 13.5. The summed E-state index contributed by atoms with van der Waals surface area (Å²) in [6, 6.07) is 9.62. The first-order chi connectivity index (χ1) is 16.5. The van der Waals surface area contributed by atoms with Gasteiger partial charge >= 0.3 is 5.97 Å². The van der Waals surface area contributed by atoms with E-state index in [2.05, 4.69) is 0 Å². The predicted molar refractivity (Wildman–Crippen MR) is 123 cm³/mol. The maximum Gasteiger partial charge on any atom is 0.346 e. The van der Waals surface area contributed by atoms with Gasteiger partial charge in [-0.05, 0) is 37.1 Å². The number of halogens is 1. The molecule has 2 bridgehead atoms. The first kappa shape index (κ1) is 23.4. The third-order valence-electron chi connectivity index (χ3n) is 8.30. The Morgan fingerprint density at radius 1 is 1.15 bits per heavy atom. The lowest BCUT2D eigenvalue weighted by molar-refractivity contribution is -0.946. The summed E-state index contributed by atoms with van der Waals surface area (Å²) in [6.07, 6.45) is 7.80. The van der Waals surface area contributed by atoms with Gasteiger partial charge in [0, 0.05) is 37.2 Å². The van der Waals surface area contributed by atoms with Gasteiger partial charge in [-0.15, -0.1) is 0 Å². The van der Waals surface area contributed by atoms with Crippen LogP contribution in [0.1, 0.15) is 50.7 Å². The van der Waals surface area contributed by atoms with E-state index in [1.165, 1.54) is 18.4 Å². The summed E-state index contributed by atoms with van der Waals surface area (Å²) >= 11 is 0. The third-order valence-corrected chi connectivity index (χ3v) is 8.30. The van der Waals surface area contributed by atoms with Crippen LogP contribution in [0.15, 0.2) is 47.1 Å². The van der Waals surface area contributed by atoms with Crippen LogP contribution in [-0.2, 0) is 15.1 Å². The summed E-state index contributed by atoms with van der Waals surface area (Å²) in [5.74, 6) is 0.166. The van der Waals surface area contributed by atoms with E-state index >= 15 is 0 Å². The zero-order valence-corrected chi connectivity index (χ0v) is 19.7. The van der Waals surface area contributed by atoms with Crippen LogP contribution in [-0.4, -0.2) is 54.4 Å². The fraction of sp³-hybridized carbons (Fsp3) is 0.593. The smallest absolute Gasteiger partial charge is 0.346 e. The van der Waals surface area contributed by atoms with E-state index in [9.17, 15) is 14.3 Å². The quantitative estimate of drug-likeness (QED) is 0.333. The number of esters is 1. The van der Waals surface area contributed by atoms with Gasteiger partial charge in [0.2, 0.25) is 5.60 Å².